The van der Waals surface area contributed by atoms with E-state index >= 15 is 0 Å². The van der Waals surface area contributed by atoms with E-state index in [1.165, 1.54) is 6.07 Å². The van der Waals surface area contributed by atoms with Crippen molar-refractivity contribution < 1.29 is 9.13 Å². The Labute approximate surface area is 88.9 Å². The SMILES string of the molecule is COc1cccc(F)c1[C@H]1CCN1.Cl. The molecule has 0 spiro atoms. The third-order valence-electron chi connectivity index (χ3n) is 2.41. The molecule has 1 N–H and O–H groups in total. The second-order valence-electron chi connectivity index (χ2n) is 3.15. The highest BCUT2D eigenvalue weighted by atomic mass is 35.5. The van der Waals surface area contributed by atoms with Crippen LogP contribution in [0.2, 0.25) is 0 Å². The molecule has 1 heterocycles. The topological polar surface area (TPSA) is 21.3 Å². The van der Waals surface area contributed by atoms with Crippen molar-refractivity contribution in [1.82, 2.24) is 5.32 Å². The number of hydrogen-bond donors (Lipinski definition) is 1. The molecule has 2 rings (SSSR count). The number of halogens is 2. The molecule has 1 aliphatic heterocycles. The second kappa shape index (κ2) is 4.62. The summed E-state index contributed by atoms with van der Waals surface area (Å²) in [5.41, 5.74) is 0.663. The minimum absolute atomic E-state index is 0. The van der Waals surface area contributed by atoms with Gasteiger partial charge in [0.2, 0.25) is 0 Å². The van der Waals surface area contributed by atoms with Crippen LogP contribution in [0.15, 0.2) is 18.2 Å². The molecular formula is C10H13ClFNO. The van der Waals surface area contributed by atoms with Crippen molar-refractivity contribution in [2.75, 3.05) is 13.7 Å². The Morgan fingerprint density at radius 2 is 2.21 bits per heavy atom. The Balaban J connectivity index is 0.000000980. The molecule has 4 heteroatoms. The first-order valence-corrected chi connectivity index (χ1v) is 4.38. The van der Waals surface area contributed by atoms with Gasteiger partial charge in [-0.3, -0.25) is 0 Å². The quantitative estimate of drug-likeness (QED) is 0.821. The fourth-order valence-electron chi connectivity index (χ4n) is 1.57. The van der Waals surface area contributed by atoms with Crippen LogP contribution >= 0.6 is 12.4 Å². The lowest BCUT2D eigenvalue weighted by Crippen LogP contribution is -2.35. The maximum atomic E-state index is 13.4. The highest BCUT2D eigenvalue weighted by molar-refractivity contribution is 5.85. The summed E-state index contributed by atoms with van der Waals surface area (Å²) in [4.78, 5) is 0. The van der Waals surface area contributed by atoms with E-state index in [-0.39, 0.29) is 24.3 Å². The van der Waals surface area contributed by atoms with Gasteiger partial charge in [0, 0.05) is 11.6 Å². The van der Waals surface area contributed by atoms with E-state index in [1.807, 2.05) is 0 Å². The van der Waals surface area contributed by atoms with E-state index < -0.39 is 0 Å². The van der Waals surface area contributed by atoms with Gasteiger partial charge in [0.25, 0.3) is 0 Å². The van der Waals surface area contributed by atoms with E-state index in [9.17, 15) is 4.39 Å². The smallest absolute Gasteiger partial charge is 0.131 e. The van der Waals surface area contributed by atoms with Crippen LogP contribution in [0.1, 0.15) is 18.0 Å². The standard InChI is InChI=1S/C10H12FNO.ClH/c1-13-9-4-2-3-7(11)10(9)8-5-6-12-8;/h2-4,8,12H,5-6H2,1H3;1H/t8-;/m1./s1. The summed E-state index contributed by atoms with van der Waals surface area (Å²) in [6.45, 7) is 0.960. The molecule has 0 radical (unpaired) electrons. The number of hydrogen-bond acceptors (Lipinski definition) is 2. The first kappa shape index (κ1) is 11.3. The van der Waals surface area contributed by atoms with Gasteiger partial charge in [-0.25, -0.2) is 4.39 Å². The molecule has 78 valence electrons. The lowest BCUT2D eigenvalue weighted by Gasteiger charge is -2.29. The van der Waals surface area contributed by atoms with Crippen LogP contribution in [0.5, 0.6) is 5.75 Å². The van der Waals surface area contributed by atoms with Crippen molar-refractivity contribution in [1.29, 1.82) is 0 Å². The van der Waals surface area contributed by atoms with Crippen LogP contribution in [-0.4, -0.2) is 13.7 Å². The molecule has 0 bridgehead atoms. The van der Waals surface area contributed by atoms with Crippen LogP contribution in [0, 0.1) is 5.82 Å². The molecule has 1 aromatic carbocycles. The second-order valence-corrected chi connectivity index (χ2v) is 3.15. The van der Waals surface area contributed by atoms with Gasteiger partial charge >= 0.3 is 0 Å². The molecule has 0 saturated carbocycles. The van der Waals surface area contributed by atoms with Crippen molar-refractivity contribution in [2.24, 2.45) is 0 Å². The summed E-state index contributed by atoms with van der Waals surface area (Å²) in [5.74, 6) is 0.453. The largest absolute Gasteiger partial charge is 0.496 e. The third kappa shape index (κ3) is 1.83. The highest BCUT2D eigenvalue weighted by Gasteiger charge is 2.24. The summed E-state index contributed by atoms with van der Waals surface area (Å²) in [6, 6.07) is 5.06. The minimum atomic E-state index is -0.184. The molecule has 1 fully saturated rings. The summed E-state index contributed by atoms with van der Waals surface area (Å²) in [5, 5.41) is 3.16. The lowest BCUT2D eigenvalue weighted by molar-refractivity contribution is 0.341. The van der Waals surface area contributed by atoms with Crippen LogP contribution in [0.3, 0.4) is 0 Å². The summed E-state index contributed by atoms with van der Waals surface area (Å²) >= 11 is 0. The Kier molecular flexibility index (Phi) is 3.72. The maximum Gasteiger partial charge on any atom is 0.131 e. The van der Waals surface area contributed by atoms with Crippen molar-refractivity contribution in [2.45, 2.75) is 12.5 Å². The van der Waals surface area contributed by atoms with Gasteiger partial charge in [-0.1, -0.05) is 6.07 Å². The van der Waals surface area contributed by atoms with Crippen LogP contribution in [-0.2, 0) is 0 Å². The van der Waals surface area contributed by atoms with E-state index in [4.69, 9.17) is 4.74 Å². The van der Waals surface area contributed by atoms with E-state index in [0.29, 0.717) is 11.3 Å². The Hall–Kier alpha value is -0.800. The fourth-order valence-corrected chi connectivity index (χ4v) is 1.57. The highest BCUT2D eigenvalue weighted by Crippen LogP contribution is 2.32. The molecule has 1 saturated heterocycles. The van der Waals surface area contributed by atoms with E-state index in [0.717, 1.165) is 13.0 Å². The predicted molar refractivity (Wildman–Crippen MR) is 55.6 cm³/mol. The fraction of sp³-hybridized carbons (Fsp3) is 0.400. The van der Waals surface area contributed by atoms with Gasteiger partial charge in [0.1, 0.15) is 11.6 Å². The van der Waals surface area contributed by atoms with Gasteiger partial charge in [-0.05, 0) is 25.1 Å². The minimum Gasteiger partial charge on any atom is -0.496 e. The van der Waals surface area contributed by atoms with Crippen molar-refractivity contribution in [3.8, 4) is 5.75 Å². The maximum absolute atomic E-state index is 13.4. The molecule has 0 amide bonds. The van der Waals surface area contributed by atoms with Gasteiger partial charge in [0.15, 0.2) is 0 Å². The predicted octanol–water partition coefficient (Wildman–Crippen LogP) is 2.29. The molecule has 0 aliphatic carbocycles. The number of benzene rings is 1. The zero-order valence-corrected chi connectivity index (χ0v) is 8.73. The summed E-state index contributed by atoms with van der Waals surface area (Å²) < 4.78 is 18.5. The normalized spacial score (nSPS) is 19.4. The van der Waals surface area contributed by atoms with Gasteiger partial charge in [-0.15, -0.1) is 12.4 Å². The molecule has 2 nitrogen and oxygen atoms in total. The van der Waals surface area contributed by atoms with Gasteiger partial charge in [-0.2, -0.15) is 0 Å². The lowest BCUT2D eigenvalue weighted by atomic mass is 9.96. The van der Waals surface area contributed by atoms with Gasteiger partial charge < -0.3 is 10.1 Å². The van der Waals surface area contributed by atoms with Crippen LogP contribution in [0.25, 0.3) is 0 Å². The number of nitrogens with one attached hydrogen (secondary N) is 1. The Morgan fingerprint density at radius 1 is 1.50 bits per heavy atom. The first-order valence-electron chi connectivity index (χ1n) is 4.38. The molecule has 1 aliphatic rings. The Bertz CT molecular complexity index is 315. The van der Waals surface area contributed by atoms with Crippen LogP contribution < -0.4 is 10.1 Å². The van der Waals surface area contributed by atoms with E-state index in [1.54, 1.807) is 19.2 Å². The zero-order chi connectivity index (χ0) is 9.26. The third-order valence-corrected chi connectivity index (χ3v) is 2.41. The molecule has 1 aromatic rings. The number of methoxy groups -OCH3 is 1. The molecular weight excluding hydrogens is 205 g/mol. The average Bonchev–Trinajstić information content (AvgIpc) is 2.05. The summed E-state index contributed by atoms with van der Waals surface area (Å²) in [6.07, 6.45) is 0.983. The van der Waals surface area contributed by atoms with Crippen LogP contribution in [0.4, 0.5) is 4.39 Å². The van der Waals surface area contributed by atoms with Crippen molar-refractivity contribution in [3.05, 3.63) is 29.6 Å². The molecule has 0 unspecified atom stereocenters. The average molecular weight is 218 g/mol. The Morgan fingerprint density at radius 3 is 2.71 bits per heavy atom. The van der Waals surface area contributed by atoms with Gasteiger partial charge in [0.05, 0.1) is 7.11 Å². The first-order chi connectivity index (χ1) is 6.33. The van der Waals surface area contributed by atoms with E-state index in [2.05, 4.69) is 5.32 Å². The summed E-state index contributed by atoms with van der Waals surface area (Å²) in [7, 11) is 1.57. The van der Waals surface area contributed by atoms with Crippen molar-refractivity contribution >= 4 is 12.4 Å². The molecule has 1 atom stereocenters. The zero-order valence-electron chi connectivity index (χ0n) is 7.92. The molecule has 14 heavy (non-hydrogen) atoms. The number of rotatable bonds is 2. The monoisotopic (exact) mass is 217 g/mol. The molecule has 0 aromatic heterocycles. The number of ether oxygens (including phenoxy) is 1. The van der Waals surface area contributed by atoms with Crippen molar-refractivity contribution in [3.63, 3.8) is 0 Å².